The van der Waals surface area contributed by atoms with Gasteiger partial charge in [0.25, 0.3) is 0 Å². The van der Waals surface area contributed by atoms with Crippen LogP contribution in [0.2, 0.25) is 5.02 Å². The van der Waals surface area contributed by atoms with Crippen molar-refractivity contribution in [3.05, 3.63) is 55.6 Å². The molecule has 0 aliphatic rings. The highest BCUT2D eigenvalue weighted by Crippen LogP contribution is 2.27. The van der Waals surface area contributed by atoms with Crippen LogP contribution in [-0.2, 0) is 6.42 Å². The molecule has 0 radical (unpaired) electrons. The molecule has 0 saturated heterocycles. The van der Waals surface area contributed by atoms with Gasteiger partial charge in [-0.1, -0.05) is 29.8 Å². The summed E-state index contributed by atoms with van der Waals surface area (Å²) in [6.07, 6.45) is 0.767. The lowest BCUT2D eigenvalue weighted by Crippen LogP contribution is -2.12. The van der Waals surface area contributed by atoms with Crippen LogP contribution in [0.3, 0.4) is 0 Å². The van der Waals surface area contributed by atoms with E-state index >= 15 is 0 Å². The minimum atomic E-state index is 0.00227. The molecule has 84 valence electrons. The Morgan fingerprint density at radius 2 is 2.12 bits per heavy atom. The van der Waals surface area contributed by atoms with Gasteiger partial charge in [-0.15, -0.1) is 11.3 Å². The molecule has 0 amide bonds. The van der Waals surface area contributed by atoms with Crippen molar-refractivity contribution in [3.63, 3.8) is 0 Å². The number of thiophene rings is 1. The quantitative estimate of drug-likeness (QED) is 0.892. The highest BCUT2D eigenvalue weighted by Gasteiger charge is 2.10. The van der Waals surface area contributed by atoms with Gasteiger partial charge in [-0.05, 0) is 51.0 Å². The van der Waals surface area contributed by atoms with E-state index in [4.69, 9.17) is 17.3 Å². The zero-order chi connectivity index (χ0) is 11.5. The van der Waals surface area contributed by atoms with Gasteiger partial charge in [0.2, 0.25) is 0 Å². The molecule has 0 aliphatic heterocycles. The first kappa shape index (κ1) is 12.1. The first-order chi connectivity index (χ1) is 7.66. The first-order valence-corrected chi connectivity index (χ1v) is 6.95. The van der Waals surface area contributed by atoms with E-state index in [9.17, 15) is 0 Å². The maximum atomic E-state index is 6.14. The summed E-state index contributed by atoms with van der Waals surface area (Å²) < 4.78 is 1.11. The van der Waals surface area contributed by atoms with Crippen molar-refractivity contribution in [1.29, 1.82) is 0 Å². The Morgan fingerprint density at radius 3 is 2.75 bits per heavy atom. The minimum absolute atomic E-state index is 0.00227. The van der Waals surface area contributed by atoms with E-state index in [2.05, 4.69) is 27.4 Å². The normalized spacial score (nSPS) is 12.7. The Morgan fingerprint density at radius 1 is 1.38 bits per heavy atom. The molecule has 2 aromatic rings. The van der Waals surface area contributed by atoms with Crippen LogP contribution in [0.25, 0.3) is 0 Å². The van der Waals surface area contributed by atoms with E-state index in [1.165, 1.54) is 0 Å². The fourth-order valence-corrected chi connectivity index (χ4v) is 2.99. The molecule has 16 heavy (non-hydrogen) atoms. The van der Waals surface area contributed by atoms with Crippen LogP contribution >= 0.6 is 38.9 Å². The van der Waals surface area contributed by atoms with Gasteiger partial charge in [0.05, 0.1) is 3.79 Å². The molecule has 1 aromatic carbocycles. The fraction of sp³-hybridized carbons (Fsp3) is 0.167. The Kier molecular flexibility index (Phi) is 4.03. The van der Waals surface area contributed by atoms with E-state index in [-0.39, 0.29) is 6.04 Å². The van der Waals surface area contributed by atoms with Gasteiger partial charge in [-0.2, -0.15) is 0 Å². The van der Waals surface area contributed by atoms with Gasteiger partial charge in [0.15, 0.2) is 0 Å². The molecule has 0 spiro atoms. The van der Waals surface area contributed by atoms with Crippen LogP contribution in [0.1, 0.15) is 17.2 Å². The molecule has 1 aromatic heterocycles. The summed E-state index contributed by atoms with van der Waals surface area (Å²) in [5.41, 5.74) is 8.38. The zero-order valence-corrected chi connectivity index (χ0v) is 11.6. The summed E-state index contributed by atoms with van der Waals surface area (Å²) in [6, 6.07) is 9.89. The van der Waals surface area contributed by atoms with Crippen LogP contribution in [0.4, 0.5) is 0 Å². The lowest BCUT2D eigenvalue weighted by atomic mass is 10.0. The molecule has 2 N–H and O–H groups in total. The number of hydrogen-bond donors (Lipinski definition) is 1. The molecule has 1 heterocycles. The number of nitrogens with two attached hydrogens (primary N) is 1. The first-order valence-electron chi connectivity index (χ1n) is 4.89. The Labute approximate surface area is 112 Å². The minimum Gasteiger partial charge on any atom is -0.324 e. The van der Waals surface area contributed by atoms with Crippen LogP contribution in [0, 0.1) is 0 Å². The average Bonchev–Trinajstić information content (AvgIpc) is 2.68. The second kappa shape index (κ2) is 5.32. The molecule has 0 aliphatic carbocycles. The summed E-state index contributed by atoms with van der Waals surface area (Å²) in [5, 5.41) is 2.86. The third-order valence-corrected chi connectivity index (χ3v) is 4.30. The van der Waals surface area contributed by atoms with Gasteiger partial charge in [-0.25, -0.2) is 0 Å². The predicted molar refractivity (Wildman–Crippen MR) is 74.1 cm³/mol. The van der Waals surface area contributed by atoms with E-state index < -0.39 is 0 Å². The highest BCUT2D eigenvalue weighted by molar-refractivity contribution is 9.11. The van der Waals surface area contributed by atoms with E-state index in [0.29, 0.717) is 0 Å². The summed E-state index contributed by atoms with van der Waals surface area (Å²) >= 11 is 11.2. The third-order valence-electron chi connectivity index (χ3n) is 2.41. The number of halogens is 2. The van der Waals surface area contributed by atoms with Crippen LogP contribution in [0.15, 0.2) is 39.5 Å². The van der Waals surface area contributed by atoms with Crippen molar-refractivity contribution in [2.75, 3.05) is 0 Å². The Hall–Kier alpha value is -0.350. The number of benzene rings is 1. The molecule has 2 rings (SSSR count). The van der Waals surface area contributed by atoms with Crippen molar-refractivity contribution in [2.24, 2.45) is 5.73 Å². The van der Waals surface area contributed by atoms with E-state index in [1.54, 1.807) is 11.3 Å². The van der Waals surface area contributed by atoms with Crippen molar-refractivity contribution in [1.82, 2.24) is 0 Å². The third kappa shape index (κ3) is 2.86. The molecular weight excluding hydrogens is 306 g/mol. The Bertz CT molecular complexity index is 483. The highest BCUT2D eigenvalue weighted by atomic mass is 79.9. The van der Waals surface area contributed by atoms with Crippen molar-refractivity contribution >= 4 is 38.9 Å². The lowest BCUT2D eigenvalue weighted by Gasteiger charge is -2.11. The van der Waals surface area contributed by atoms with Crippen LogP contribution < -0.4 is 5.73 Å². The molecule has 0 bridgehead atoms. The van der Waals surface area contributed by atoms with Crippen LogP contribution in [0.5, 0.6) is 0 Å². The van der Waals surface area contributed by atoms with Crippen LogP contribution in [-0.4, -0.2) is 0 Å². The summed E-state index contributed by atoms with van der Waals surface area (Å²) in [7, 11) is 0. The molecule has 1 atom stereocenters. The van der Waals surface area contributed by atoms with Gasteiger partial charge < -0.3 is 5.73 Å². The number of hydrogen-bond acceptors (Lipinski definition) is 2. The van der Waals surface area contributed by atoms with Crippen molar-refractivity contribution in [2.45, 2.75) is 12.5 Å². The molecule has 4 heteroatoms. The summed E-state index contributed by atoms with van der Waals surface area (Å²) in [4.78, 5) is 0. The monoisotopic (exact) mass is 315 g/mol. The maximum Gasteiger partial charge on any atom is 0.0701 e. The van der Waals surface area contributed by atoms with Gasteiger partial charge >= 0.3 is 0 Å². The molecule has 0 fully saturated rings. The smallest absolute Gasteiger partial charge is 0.0701 e. The lowest BCUT2D eigenvalue weighted by molar-refractivity contribution is 0.725. The van der Waals surface area contributed by atoms with Gasteiger partial charge in [0.1, 0.15) is 0 Å². The zero-order valence-electron chi connectivity index (χ0n) is 8.49. The molecule has 0 saturated carbocycles. The molecular formula is C12H11BrClNS. The van der Waals surface area contributed by atoms with Crippen molar-refractivity contribution < 1.29 is 0 Å². The van der Waals surface area contributed by atoms with Gasteiger partial charge in [0, 0.05) is 11.1 Å². The standard InChI is InChI=1S/C12H11BrClNS/c13-12-6-9(7-16-12)11(15)5-8-3-1-2-4-10(8)14/h1-4,6-7,11H,5,15H2. The van der Waals surface area contributed by atoms with E-state index in [1.807, 2.05) is 24.3 Å². The second-order valence-corrected chi connectivity index (χ2v) is 6.28. The van der Waals surface area contributed by atoms with Crippen molar-refractivity contribution in [3.8, 4) is 0 Å². The molecule has 1 nitrogen and oxygen atoms in total. The summed E-state index contributed by atoms with van der Waals surface area (Å²) in [5.74, 6) is 0. The van der Waals surface area contributed by atoms with Gasteiger partial charge in [-0.3, -0.25) is 0 Å². The largest absolute Gasteiger partial charge is 0.324 e. The average molecular weight is 317 g/mol. The predicted octanol–water partition coefficient (Wildman–Crippen LogP) is 4.41. The SMILES string of the molecule is NC(Cc1ccccc1Cl)c1csc(Br)c1. The number of rotatable bonds is 3. The van der Waals surface area contributed by atoms with E-state index in [0.717, 1.165) is 26.4 Å². The molecule has 1 unspecified atom stereocenters. The Balaban J connectivity index is 2.13. The summed E-state index contributed by atoms with van der Waals surface area (Å²) in [6.45, 7) is 0. The maximum absolute atomic E-state index is 6.14. The topological polar surface area (TPSA) is 26.0 Å². The fourth-order valence-electron chi connectivity index (χ4n) is 1.54. The second-order valence-electron chi connectivity index (χ2n) is 3.59.